The number of aromatic nitrogens is 1. The molecule has 0 saturated heterocycles. The van der Waals surface area contributed by atoms with E-state index >= 15 is 0 Å². The number of amides is 1. The molecule has 35 heavy (non-hydrogen) atoms. The van der Waals surface area contributed by atoms with Crippen LogP contribution in [0.15, 0.2) is 68.6 Å². The molecule has 10 heteroatoms. The predicted molar refractivity (Wildman–Crippen MR) is 135 cm³/mol. The highest BCUT2D eigenvalue weighted by Gasteiger charge is 2.06. The molecule has 0 spiro atoms. The first-order valence-electron chi connectivity index (χ1n) is 10.3. The molecule has 1 heterocycles. The second-order valence-electron chi connectivity index (χ2n) is 7.70. The van der Waals surface area contributed by atoms with Crippen LogP contribution in [0.25, 0.3) is 10.9 Å². The van der Waals surface area contributed by atoms with Gasteiger partial charge >= 0.3 is 17.4 Å². The van der Waals surface area contributed by atoms with Crippen molar-refractivity contribution in [3.63, 3.8) is 0 Å². The van der Waals surface area contributed by atoms with E-state index in [1.54, 1.807) is 42.5 Å². The number of carbonyl (C=O) groups is 2. The Balaban J connectivity index is 0.000000186. The molecule has 8 N–H and O–H groups in total. The third kappa shape index (κ3) is 7.32. The summed E-state index contributed by atoms with van der Waals surface area (Å²) >= 11 is 0. The summed E-state index contributed by atoms with van der Waals surface area (Å²) in [6.45, 7) is 5.57. The lowest BCUT2D eigenvalue weighted by Crippen LogP contribution is -2.14. The van der Waals surface area contributed by atoms with Gasteiger partial charge in [-0.25, -0.2) is 14.4 Å². The highest BCUT2D eigenvalue weighted by Crippen LogP contribution is 2.13. The molecule has 0 saturated carbocycles. The van der Waals surface area contributed by atoms with E-state index in [0.29, 0.717) is 27.8 Å². The van der Waals surface area contributed by atoms with E-state index in [0.717, 1.165) is 16.7 Å². The second kappa shape index (κ2) is 11.3. The van der Waals surface area contributed by atoms with Crippen molar-refractivity contribution in [3.8, 4) is 0 Å². The highest BCUT2D eigenvalue weighted by atomic mass is 16.4. The molecule has 0 aliphatic rings. The van der Waals surface area contributed by atoms with Crippen LogP contribution < -0.4 is 28.6 Å². The second-order valence-corrected chi connectivity index (χ2v) is 7.70. The van der Waals surface area contributed by atoms with Gasteiger partial charge in [0.1, 0.15) is 0 Å². The van der Waals surface area contributed by atoms with E-state index in [1.165, 1.54) is 0 Å². The summed E-state index contributed by atoms with van der Waals surface area (Å²) in [5.74, 6) is -2.18. The van der Waals surface area contributed by atoms with Gasteiger partial charge in [-0.1, -0.05) is 34.9 Å². The van der Waals surface area contributed by atoms with Gasteiger partial charge < -0.3 is 26.7 Å². The first-order chi connectivity index (χ1) is 16.4. The van der Waals surface area contributed by atoms with E-state index in [1.807, 2.05) is 32.9 Å². The highest BCUT2D eigenvalue weighted by molar-refractivity contribution is 5.98. The molecular weight excluding hydrogens is 452 g/mol. The Morgan fingerprint density at radius 1 is 0.800 bits per heavy atom. The van der Waals surface area contributed by atoms with Crippen molar-refractivity contribution < 1.29 is 19.1 Å². The van der Waals surface area contributed by atoms with Gasteiger partial charge in [-0.15, -0.1) is 0 Å². The van der Waals surface area contributed by atoms with Crippen LogP contribution in [0.5, 0.6) is 0 Å². The van der Waals surface area contributed by atoms with Crippen molar-refractivity contribution in [1.29, 1.82) is 0 Å². The Morgan fingerprint density at radius 2 is 1.29 bits per heavy atom. The van der Waals surface area contributed by atoms with Crippen LogP contribution in [0.3, 0.4) is 0 Å². The van der Waals surface area contributed by atoms with Crippen molar-refractivity contribution in [3.05, 3.63) is 103 Å². The van der Waals surface area contributed by atoms with Gasteiger partial charge in [0.05, 0.1) is 22.0 Å². The number of nitrogens with two attached hydrogens (primary N) is 3. The number of carboxylic acid groups (broad SMARTS) is 1. The molecule has 1 aromatic heterocycles. The number of hydrogen-bond donors (Lipinski definition) is 5. The number of aromatic carboxylic acids is 1. The van der Waals surface area contributed by atoms with Crippen molar-refractivity contribution in [2.24, 2.45) is 5.73 Å². The smallest absolute Gasteiger partial charge is 0.419 e. The summed E-state index contributed by atoms with van der Waals surface area (Å²) in [6.07, 6.45) is 0. The minimum absolute atomic E-state index is 0.171. The van der Waals surface area contributed by atoms with Crippen LogP contribution in [0, 0.1) is 20.8 Å². The van der Waals surface area contributed by atoms with Gasteiger partial charge in [-0.05, 0) is 57.2 Å². The number of fused-ring (bicyclic) bond motifs is 1. The number of carbonyl (C=O) groups excluding carboxylic acids is 1. The number of nitrogens with one attached hydrogen (secondary N) is 1. The van der Waals surface area contributed by atoms with Crippen LogP contribution in [-0.2, 0) is 0 Å². The molecule has 0 bridgehead atoms. The standard InChI is InChI=1S/C9H7NO3.C8H10N2O.C8H9NO2/c1-5-2-3-7-6(4-5)8(11)13-9(12)10-7;2*1-5-2-3-7(9)6(4-5)8(10)11/h2-4H,1H3,(H,10,12);2-4H,9H2,1H3,(H2,10,11);2-4H,9H2,1H3,(H,10,11). The van der Waals surface area contributed by atoms with Crippen LogP contribution in [0.1, 0.15) is 37.4 Å². The number of primary amides is 1. The van der Waals surface area contributed by atoms with E-state index in [2.05, 4.69) is 9.40 Å². The quantitative estimate of drug-likeness (QED) is 0.271. The number of H-pyrrole nitrogens is 1. The third-order valence-corrected chi connectivity index (χ3v) is 4.73. The molecule has 0 aliphatic heterocycles. The average Bonchev–Trinajstić information content (AvgIpc) is 2.78. The zero-order valence-electron chi connectivity index (χ0n) is 19.4. The Hall–Kier alpha value is -4.86. The lowest BCUT2D eigenvalue weighted by Gasteiger charge is -2.01. The van der Waals surface area contributed by atoms with E-state index in [9.17, 15) is 19.2 Å². The summed E-state index contributed by atoms with van der Waals surface area (Å²) in [4.78, 5) is 45.6. The van der Waals surface area contributed by atoms with Crippen LogP contribution in [0.4, 0.5) is 11.4 Å². The summed E-state index contributed by atoms with van der Waals surface area (Å²) in [5.41, 5.74) is 20.0. The van der Waals surface area contributed by atoms with E-state index < -0.39 is 23.3 Å². The summed E-state index contributed by atoms with van der Waals surface area (Å²) in [7, 11) is 0. The van der Waals surface area contributed by atoms with Crippen molar-refractivity contribution in [1.82, 2.24) is 4.98 Å². The maximum Gasteiger partial charge on any atom is 0.419 e. The molecule has 182 valence electrons. The average molecular weight is 479 g/mol. The largest absolute Gasteiger partial charge is 0.478 e. The number of aromatic amines is 1. The number of anilines is 2. The van der Waals surface area contributed by atoms with Gasteiger partial charge in [-0.3, -0.25) is 9.78 Å². The third-order valence-electron chi connectivity index (χ3n) is 4.73. The fourth-order valence-corrected chi connectivity index (χ4v) is 2.95. The van der Waals surface area contributed by atoms with Crippen molar-refractivity contribution in [2.75, 3.05) is 11.5 Å². The van der Waals surface area contributed by atoms with Crippen LogP contribution in [0.2, 0.25) is 0 Å². The Morgan fingerprint density at radius 3 is 1.77 bits per heavy atom. The fourth-order valence-electron chi connectivity index (χ4n) is 2.95. The maximum atomic E-state index is 11.2. The first-order valence-corrected chi connectivity index (χ1v) is 10.3. The predicted octanol–water partition coefficient (Wildman–Crippen LogP) is 2.74. The van der Waals surface area contributed by atoms with E-state index in [4.69, 9.17) is 22.3 Å². The zero-order chi connectivity index (χ0) is 26.3. The van der Waals surface area contributed by atoms with Crippen molar-refractivity contribution in [2.45, 2.75) is 20.8 Å². The van der Waals surface area contributed by atoms with E-state index in [-0.39, 0.29) is 5.56 Å². The Bertz CT molecular complexity index is 1440. The van der Waals surface area contributed by atoms with Gasteiger partial charge in [0.2, 0.25) is 0 Å². The zero-order valence-corrected chi connectivity index (χ0v) is 19.4. The Labute approximate surface area is 200 Å². The first kappa shape index (κ1) is 26.4. The number of nitrogen functional groups attached to an aromatic ring is 2. The fraction of sp³-hybridized carbons (Fsp3) is 0.120. The number of carboxylic acids is 1. The van der Waals surface area contributed by atoms with Crippen LogP contribution >= 0.6 is 0 Å². The summed E-state index contributed by atoms with van der Waals surface area (Å²) < 4.78 is 4.38. The van der Waals surface area contributed by atoms with Crippen molar-refractivity contribution >= 4 is 34.2 Å². The molecule has 0 unspecified atom stereocenters. The molecule has 4 aromatic rings. The lowest BCUT2D eigenvalue weighted by molar-refractivity contribution is 0.0697. The molecule has 0 aliphatic carbocycles. The molecule has 1 amide bonds. The number of hydrogen-bond acceptors (Lipinski definition) is 7. The molecule has 0 fully saturated rings. The molecule has 4 rings (SSSR count). The lowest BCUT2D eigenvalue weighted by atomic mass is 10.1. The molecular formula is C25H26N4O6. The minimum Gasteiger partial charge on any atom is -0.478 e. The number of benzene rings is 3. The summed E-state index contributed by atoms with van der Waals surface area (Å²) in [5, 5.41) is 9.01. The SMILES string of the molecule is Cc1ccc(N)c(C(=O)O)c1.Cc1ccc(N)c(C(N)=O)c1.Cc1ccc2[nH]c(=O)oc(=O)c2c1. The van der Waals surface area contributed by atoms with Gasteiger partial charge in [-0.2, -0.15) is 0 Å². The molecule has 0 radical (unpaired) electrons. The topological polar surface area (TPSA) is 196 Å². The molecule has 10 nitrogen and oxygen atoms in total. The van der Waals surface area contributed by atoms with Gasteiger partial charge in [0, 0.05) is 11.4 Å². The molecule has 0 atom stereocenters. The van der Waals surface area contributed by atoms with Gasteiger partial charge in [0.15, 0.2) is 0 Å². The molecule has 3 aromatic carbocycles. The maximum absolute atomic E-state index is 11.2. The number of aryl methyl sites for hydroxylation is 3. The normalized spacial score (nSPS) is 9.91. The number of rotatable bonds is 2. The van der Waals surface area contributed by atoms with Crippen LogP contribution in [-0.4, -0.2) is 22.0 Å². The van der Waals surface area contributed by atoms with Gasteiger partial charge in [0.25, 0.3) is 5.91 Å². The summed E-state index contributed by atoms with van der Waals surface area (Å²) in [6, 6.07) is 15.3. The minimum atomic E-state index is -0.980. The Kier molecular flexibility index (Phi) is 8.54. The monoisotopic (exact) mass is 478 g/mol.